The van der Waals surface area contributed by atoms with E-state index in [1.54, 1.807) is 37.2 Å². The molecular weight excluding hydrogens is 652 g/mol. The first kappa shape index (κ1) is 29.5. The van der Waals surface area contributed by atoms with Crippen LogP contribution in [0.2, 0.25) is 0 Å². The van der Waals surface area contributed by atoms with Crippen LogP contribution in [0.3, 0.4) is 0 Å². The second kappa shape index (κ2) is 25.5. The molecule has 0 aliphatic heterocycles. The zero-order valence-corrected chi connectivity index (χ0v) is 18.8. The maximum atomic E-state index is 3.78. The summed E-state index contributed by atoms with van der Waals surface area (Å²) in [6, 6.07) is 17.1. The van der Waals surface area contributed by atoms with Gasteiger partial charge in [-0.05, 0) is 36.4 Å². The van der Waals surface area contributed by atoms with E-state index in [2.05, 4.69) is 15.0 Å². The van der Waals surface area contributed by atoms with Crippen LogP contribution < -0.4 is 50.9 Å². The van der Waals surface area contributed by atoms with Gasteiger partial charge in [0.25, 0.3) is 0 Å². The molecular formula is C15H15Br3N3Os. The van der Waals surface area contributed by atoms with Crippen molar-refractivity contribution in [3.05, 3.63) is 91.8 Å². The molecule has 0 bridgehead atoms. The third-order valence-corrected chi connectivity index (χ3v) is 1.70. The van der Waals surface area contributed by atoms with Crippen LogP contribution in [-0.4, -0.2) is 15.0 Å². The van der Waals surface area contributed by atoms with Crippen LogP contribution in [0, 0.1) is 0 Å². The Morgan fingerprint density at radius 1 is 0.318 bits per heavy atom. The van der Waals surface area contributed by atoms with Gasteiger partial charge in [0, 0.05) is 37.2 Å². The molecule has 3 heterocycles. The van der Waals surface area contributed by atoms with Gasteiger partial charge in [-0.15, -0.1) is 0 Å². The number of hydrogen-bond acceptors (Lipinski definition) is 3. The normalized spacial score (nSPS) is 6.55. The van der Waals surface area contributed by atoms with Crippen molar-refractivity contribution < 1.29 is 70.7 Å². The molecule has 0 atom stereocenters. The fraction of sp³-hybridized carbons (Fsp3) is 0. The van der Waals surface area contributed by atoms with E-state index in [1.807, 2.05) is 54.6 Å². The molecule has 22 heavy (non-hydrogen) atoms. The molecule has 0 saturated heterocycles. The topological polar surface area (TPSA) is 38.7 Å². The van der Waals surface area contributed by atoms with Crippen LogP contribution in [0.15, 0.2) is 91.8 Å². The number of hydrogen-bond donors (Lipinski definition) is 0. The van der Waals surface area contributed by atoms with Crippen molar-refractivity contribution in [2.24, 2.45) is 0 Å². The van der Waals surface area contributed by atoms with Crippen molar-refractivity contribution >= 4 is 0 Å². The molecule has 0 N–H and O–H groups in total. The number of pyridine rings is 3. The zero-order chi connectivity index (χ0) is 12.7. The Bertz CT molecular complexity index is 321. The maximum absolute atomic E-state index is 3.78. The Hall–Kier alpha value is -0.474. The maximum Gasteiger partial charge on any atom is 3.00 e. The number of rotatable bonds is 0. The van der Waals surface area contributed by atoms with Crippen LogP contribution in [0.25, 0.3) is 0 Å². The molecule has 3 nitrogen and oxygen atoms in total. The SMILES string of the molecule is [Br-].[Br-].[Br-].[Os+3].c1ccncc1.c1ccncc1.c1ccncc1. The first-order valence-corrected chi connectivity index (χ1v) is 5.55. The largest absolute Gasteiger partial charge is 3.00 e. The molecule has 1 radical (unpaired) electrons. The fourth-order valence-electron chi connectivity index (χ4n) is 0.938. The van der Waals surface area contributed by atoms with Crippen molar-refractivity contribution in [3.8, 4) is 0 Å². The number of nitrogens with zero attached hydrogens (tertiary/aromatic N) is 3. The van der Waals surface area contributed by atoms with E-state index in [4.69, 9.17) is 0 Å². The molecule has 0 unspecified atom stereocenters. The average Bonchev–Trinajstić information content (AvgIpc) is 2.54. The molecule has 7 heteroatoms. The molecule has 0 amide bonds. The zero-order valence-electron chi connectivity index (χ0n) is 11.5. The summed E-state index contributed by atoms with van der Waals surface area (Å²) in [5.74, 6) is 0. The summed E-state index contributed by atoms with van der Waals surface area (Å²) in [5.41, 5.74) is 0. The van der Waals surface area contributed by atoms with E-state index >= 15 is 0 Å². The van der Waals surface area contributed by atoms with E-state index in [1.165, 1.54) is 0 Å². The smallest absolute Gasteiger partial charge is 1.00 e. The average molecular weight is 667 g/mol. The van der Waals surface area contributed by atoms with Crippen LogP contribution in [0.1, 0.15) is 0 Å². The van der Waals surface area contributed by atoms with Crippen molar-refractivity contribution in [1.82, 2.24) is 15.0 Å². The van der Waals surface area contributed by atoms with E-state index in [9.17, 15) is 0 Å². The number of halogens is 3. The molecule has 3 aromatic heterocycles. The van der Waals surface area contributed by atoms with Crippen LogP contribution >= 0.6 is 0 Å². The van der Waals surface area contributed by atoms with Crippen molar-refractivity contribution in [3.63, 3.8) is 0 Å². The minimum atomic E-state index is 0. The van der Waals surface area contributed by atoms with Gasteiger partial charge >= 0.3 is 19.8 Å². The number of aromatic nitrogens is 3. The third kappa shape index (κ3) is 21.8. The van der Waals surface area contributed by atoms with Gasteiger partial charge in [0.1, 0.15) is 0 Å². The summed E-state index contributed by atoms with van der Waals surface area (Å²) in [4.78, 5) is 11.4. The Balaban J connectivity index is -0.000000101. The monoisotopic (exact) mass is 666 g/mol. The molecule has 0 fully saturated rings. The second-order valence-corrected chi connectivity index (χ2v) is 3.07. The van der Waals surface area contributed by atoms with E-state index < -0.39 is 0 Å². The summed E-state index contributed by atoms with van der Waals surface area (Å²) in [6.45, 7) is 0. The van der Waals surface area contributed by atoms with Crippen LogP contribution in [-0.2, 0) is 19.8 Å². The summed E-state index contributed by atoms with van der Waals surface area (Å²) in [5, 5.41) is 0. The second-order valence-electron chi connectivity index (χ2n) is 3.07. The molecule has 0 aliphatic rings. The first-order chi connectivity index (χ1) is 9.00. The molecule has 0 aliphatic carbocycles. The van der Waals surface area contributed by atoms with Gasteiger partial charge < -0.3 is 50.9 Å². The van der Waals surface area contributed by atoms with Gasteiger partial charge in [-0.3, -0.25) is 15.0 Å². The van der Waals surface area contributed by atoms with E-state index in [0.29, 0.717) is 0 Å². The summed E-state index contributed by atoms with van der Waals surface area (Å²) >= 11 is 0. The van der Waals surface area contributed by atoms with Crippen molar-refractivity contribution in [2.45, 2.75) is 0 Å². The van der Waals surface area contributed by atoms with E-state index in [0.717, 1.165) is 0 Å². The Labute approximate surface area is 176 Å². The van der Waals surface area contributed by atoms with Crippen molar-refractivity contribution in [1.29, 1.82) is 0 Å². The van der Waals surface area contributed by atoms with Gasteiger partial charge in [-0.25, -0.2) is 0 Å². The van der Waals surface area contributed by atoms with Gasteiger partial charge in [-0.2, -0.15) is 0 Å². The Kier molecular flexibility index (Phi) is 34.2. The minimum Gasteiger partial charge on any atom is -1.00 e. The van der Waals surface area contributed by atoms with Crippen LogP contribution in [0.5, 0.6) is 0 Å². The van der Waals surface area contributed by atoms with E-state index in [-0.39, 0.29) is 70.7 Å². The summed E-state index contributed by atoms with van der Waals surface area (Å²) in [7, 11) is 0. The molecule has 0 aromatic carbocycles. The predicted molar refractivity (Wildman–Crippen MR) is 72.7 cm³/mol. The fourth-order valence-corrected chi connectivity index (χ4v) is 0.938. The van der Waals surface area contributed by atoms with Crippen LogP contribution in [0.4, 0.5) is 0 Å². The molecule has 3 rings (SSSR count). The first-order valence-electron chi connectivity index (χ1n) is 5.55. The van der Waals surface area contributed by atoms with Gasteiger partial charge in [0.05, 0.1) is 0 Å². The minimum absolute atomic E-state index is 0. The predicted octanol–water partition coefficient (Wildman–Crippen LogP) is -5.75. The standard InChI is InChI=1S/3C5H5N.3BrH.Os/c3*1-2-4-6-5-3-1;;;;/h3*1-5H;3*1H;/q;;;;;;+3/p-3. The third-order valence-electron chi connectivity index (χ3n) is 1.70. The summed E-state index contributed by atoms with van der Waals surface area (Å²) < 4.78 is 0. The molecule has 0 saturated carbocycles. The Morgan fingerprint density at radius 2 is 0.500 bits per heavy atom. The molecule has 119 valence electrons. The summed E-state index contributed by atoms with van der Waals surface area (Å²) in [6.07, 6.45) is 10.5. The molecule has 0 spiro atoms. The van der Waals surface area contributed by atoms with Crippen molar-refractivity contribution in [2.75, 3.05) is 0 Å². The van der Waals surface area contributed by atoms with Gasteiger partial charge in [0.15, 0.2) is 0 Å². The van der Waals surface area contributed by atoms with Gasteiger partial charge in [-0.1, -0.05) is 18.2 Å². The van der Waals surface area contributed by atoms with Gasteiger partial charge in [0.2, 0.25) is 0 Å². The quantitative estimate of drug-likeness (QED) is 0.240. The molecule has 3 aromatic rings. The Morgan fingerprint density at radius 3 is 0.545 bits per heavy atom.